The summed E-state index contributed by atoms with van der Waals surface area (Å²) in [5.41, 5.74) is 0.740. The molecule has 1 amide bonds. The first-order valence-corrected chi connectivity index (χ1v) is 7.08. The minimum absolute atomic E-state index is 0.128. The van der Waals surface area contributed by atoms with Crippen LogP contribution in [-0.2, 0) is 9.59 Å². The molecule has 21 heavy (non-hydrogen) atoms. The lowest BCUT2D eigenvalue weighted by Gasteiger charge is -2.23. The molecule has 0 aromatic heterocycles. The fourth-order valence-corrected chi connectivity index (χ4v) is 3.02. The molecule has 1 N–H and O–H groups in total. The van der Waals surface area contributed by atoms with Gasteiger partial charge in [0.15, 0.2) is 0 Å². The van der Waals surface area contributed by atoms with Crippen LogP contribution in [0.2, 0.25) is 0 Å². The van der Waals surface area contributed by atoms with Crippen LogP contribution in [0.25, 0.3) is 0 Å². The van der Waals surface area contributed by atoms with Crippen molar-refractivity contribution in [2.24, 2.45) is 17.8 Å². The number of carbonyl (C=O) groups is 2. The molecular weight excluding hydrogens is 270 g/mol. The highest BCUT2D eigenvalue weighted by Gasteiger charge is 2.42. The number of anilines is 1. The second-order valence-corrected chi connectivity index (χ2v) is 5.72. The minimum Gasteiger partial charge on any atom is -0.497 e. The Balaban J connectivity index is 2.15. The summed E-state index contributed by atoms with van der Waals surface area (Å²) < 4.78 is 5.09. The van der Waals surface area contributed by atoms with E-state index in [4.69, 9.17) is 4.74 Å². The fourth-order valence-electron chi connectivity index (χ4n) is 3.02. The summed E-state index contributed by atoms with van der Waals surface area (Å²) in [5, 5.41) is 9.28. The molecule has 1 aromatic carbocycles. The number of carboxylic acid groups (broad SMARTS) is 1. The van der Waals surface area contributed by atoms with Crippen LogP contribution in [0.3, 0.4) is 0 Å². The van der Waals surface area contributed by atoms with E-state index in [0.717, 1.165) is 11.4 Å². The third kappa shape index (κ3) is 3.17. The van der Waals surface area contributed by atoms with Gasteiger partial charge in [-0.25, -0.2) is 0 Å². The third-order valence-electron chi connectivity index (χ3n) is 4.22. The Labute approximate surface area is 124 Å². The molecule has 2 rings (SSSR count). The van der Waals surface area contributed by atoms with Gasteiger partial charge in [0.1, 0.15) is 5.75 Å². The number of amides is 1. The molecule has 1 saturated carbocycles. The molecule has 0 radical (unpaired) electrons. The van der Waals surface area contributed by atoms with E-state index in [0.29, 0.717) is 12.8 Å². The Morgan fingerprint density at radius 2 is 1.76 bits per heavy atom. The van der Waals surface area contributed by atoms with Crippen molar-refractivity contribution in [2.45, 2.75) is 19.8 Å². The number of nitrogens with zero attached hydrogens (tertiary/aromatic N) is 1. The SMILES string of the molecule is COc1ccc(N(C)C(=O)[C@H]2CC(C)C[C@H]2C(=O)O)cc1. The number of carboxylic acids is 1. The topological polar surface area (TPSA) is 66.8 Å². The van der Waals surface area contributed by atoms with E-state index in [1.165, 1.54) is 4.90 Å². The summed E-state index contributed by atoms with van der Waals surface area (Å²) in [7, 11) is 3.27. The first kappa shape index (κ1) is 15.4. The van der Waals surface area contributed by atoms with Crippen LogP contribution >= 0.6 is 0 Å². The van der Waals surface area contributed by atoms with Crippen LogP contribution in [0.15, 0.2) is 24.3 Å². The predicted molar refractivity (Wildman–Crippen MR) is 79.4 cm³/mol. The van der Waals surface area contributed by atoms with Crippen LogP contribution in [0.1, 0.15) is 19.8 Å². The van der Waals surface area contributed by atoms with Crippen molar-refractivity contribution in [3.05, 3.63) is 24.3 Å². The number of methoxy groups -OCH3 is 1. The molecule has 114 valence electrons. The summed E-state index contributed by atoms with van der Waals surface area (Å²) in [4.78, 5) is 25.4. The van der Waals surface area contributed by atoms with Gasteiger partial charge in [-0.2, -0.15) is 0 Å². The molecular formula is C16H21NO4. The van der Waals surface area contributed by atoms with Crippen LogP contribution in [0.5, 0.6) is 5.75 Å². The number of ether oxygens (including phenoxy) is 1. The molecule has 0 aliphatic heterocycles. The summed E-state index contributed by atoms with van der Waals surface area (Å²) in [5.74, 6) is -1.03. The number of benzene rings is 1. The lowest BCUT2D eigenvalue weighted by Crippen LogP contribution is -2.36. The normalized spacial score (nSPS) is 24.6. The Morgan fingerprint density at radius 1 is 1.19 bits per heavy atom. The second-order valence-electron chi connectivity index (χ2n) is 5.72. The van der Waals surface area contributed by atoms with Crippen molar-refractivity contribution in [1.29, 1.82) is 0 Å². The van der Waals surface area contributed by atoms with Gasteiger partial charge in [0, 0.05) is 12.7 Å². The molecule has 1 aliphatic carbocycles. The zero-order valence-electron chi connectivity index (χ0n) is 12.6. The largest absolute Gasteiger partial charge is 0.497 e. The Morgan fingerprint density at radius 3 is 2.29 bits per heavy atom. The van der Waals surface area contributed by atoms with Gasteiger partial charge in [-0.15, -0.1) is 0 Å². The summed E-state index contributed by atoms with van der Waals surface area (Å²) in [6, 6.07) is 7.16. The zero-order chi connectivity index (χ0) is 15.6. The van der Waals surface area contributed by atoms with Crippen LogP contribution in [0, 0.1) is 17.8 Å². The molecule has 0 heterocycles. The summed E-state index contributed by atoms with van der Waals surface area (Å²) in [6.07, 6.45) is 1.21. The van der Waals surface area contributed by atoms with Gasteiger partial charge in [-0.3, -0.25) is 9.59 Å². The van der Waals surface area contributed by atoms with Gasteiger partial charge < -0.3 is 14.7 Å². The van der Waals surface area contributed by atoms with Gasteiger partial charge in [0.2, 0.25) is 5.91 Å². The Hall–Kier alpha value is -2.04. The van der Waals surface area contributed by atoms with Crippen molar-refractivity contribution < 1.29 is 19.4 Å². The van der Waals surface area contributed by atoms with Gasteiger partial charge in [-0.1, -0.05) is 6.92 Å². The molecule has 1 aromatic rings. The Bertz CT molecular complexity index is 526. The van der Waals surface area contributed by atoms with Crippen LogP contribution in [-0.4, -0.2) is 31.1 Å². The zero-order valence-corrected chi connectivity index (χ0v) is 12.6. The molecule has 0 bridgehead atoms. The van der Waals surface area contributed by atoms with E-state index in [1.54, 1.807) is 38.4 Å². The molecule has 0 saturated heterocycles. The average molecular weight is 291 g/mol. The van der Waals surface area contributed by atoms with Crippen molar-refractivity contribution in [1.82, 2.24) is 0 Å². The minimum atomic E-state index is -0.874. The van der Waals surface area contributed by atoms with Gasteiger partial charge in [-0.05, 0) is 43.0 Å². The maximum atomic E-state index is 12.6. The maximum Gasteiger partial charge on any atom is 0.307 e. The molecule has 1 fully saturated rings. The van der Waals surface area contributed by atoms with E-state index in [-0.39, 0.29) is 11.8 Å². The van der Waals surface area contributed by atoms with Gasteiger partial charge in [0.25, 0.3) is 0 Å². The second kappa shape index (κ2) is 6.16. The lowest BCUT2D eigenvalue weighted by molar-refractivity contribution is -0.145. The van der Waals surface area contributed by atoms with E-state index >= 15 is 0 Å². The Kier molecular flexibility index (Phi) is 4.50. The number of hydrogen-bond donors (Lipinski definition) is 1. The average Bonchev–Trinajstić information content (AvgIpc) is 2.88. The van der Waals surface area contributed by atoms with Crippen molar-refractivity contribution in [2.75, 3.05) is 19.1 Å². The standard InChI is InChI=1S/C16H21NO4/c1-10-8-13(14(9-10)16(19)20)15(18)17(2)11-4-6-12(21-3)7-5-11/h4-7,10,13-14H,8-9H2,1-3H3,(H,19,20)/t10?,13-,14+/m0/s1. The van der Waals surface area contributed by atoms with Crippen LogP contribution in [0.4, 0.5) is 5.69 Å². The van der Waals surface area contributed by atoms with Crippen molar-refractivity contribution in [3.8, 4) is 5.75 Å². The third-order valence-corrected chi connectivity index (χ3v) is 4.22. The lowest BCUT2D eigenvalue weighted by atomic mass is 9.94. The van der Waals surface area contributed by atoms with Crippen LogP contribution < -0.4 is 9.64 Å². The molecule has 5 heteroatoms. The monoisotopic (exact) mass is 291 g/mol. The molecule has 0 spiro atoms. The molecule has 3 atom stereocenters. The number of carbonyl (C=O) groups excluding carboxylic acids is 1. The smallest absolute Gasteiger partial charge is 0.307 e. The molecule has 1 unspecified atom stereocenters. The number of rotatable bonds is 4. The van der Waals surface area contributed by atoms with Gasteiger partial charge in [0.05, 0.1) is 18.9 Å². The molecule has 1 aliphatic rings. The summed E-state index contributed by atoms with van der Waals surface area (Å²) in [6.45, 7) is 2.00. The first-order valence-electron chi connectivity index (χ1n) is 7.08. The number of hydrogen-bond acceptors (Lipinski definition) is 3. The van der Waals surface area contributed by atoms with Crippen molar-refractivity contribution in [3.63, 3.8) is 0 Å². The highest BCUT2D eigenvalue weighted by atomic mass is 16.5. The maximum absolute atomic E-state index is 12.6. The predicted octanol–water partition coefficient (Wildman–Crippen LogP) is 2.40. The van der Waals surface area contributed by atoms with E-state index in [2.05, 4.69) is 0 Å². The van der Waals surface area contributed by atoms with Crippen molar-refractivity contribution >= 4 is 17.6 Å². The molecule has 5 nitrogen and oxygen atoms in total. The first-order chi connectivity index (χ1) is 9.93. The highest BCUT2D eigenvalue weighted by Crippen LogP contribution is 2.38. The number of aliphatic carboxylic acids is 1. The van der Waals surface area contributed by atoms with Gasteiger partial charge >= 0.3 is 5.97 Å². The highest BCUT2D eigenvalue weighted by molar-refractivity contribution is 5.97. The van der Waals surface area contributed by atoms with E-state index in [9.17, 15) is 14.7 Å². The van der Waals surface area contributed by atoms with E-state index in [1.807, 2.05) is 6.92 Å². The fraction of sp³-hybridized carbons (Fsp3) is 0.500. The quantitative estimate of drug-likeness (QED) is 0.925. The summed E-state index contributed by atoms with van der Waals surface area (Å²) >= 11 is 0. The van der Waals surface area contributed by atoms with E-state index < -0.39 is 17.8 Å².